The second-order valence-corrected chi connectivity index (χ2v) is 6.29. The number of benzene rings is 1. The average Bonchev–Trinajstić information content (AvgIpc) is 2.43. The predicted octanol–water partition coefficient (Wildman–Crippen LogP) is 1.65. The van der Waals surface area contributed by atoms with Crippen LogP contribution in [0.2, 0.25) is 0 Å². The summed E-state index contributed by atoms with van der Waals surface area (Å²) in [7, 11) is 4.09. The molecule has 0 aliphatic heterocycles. The zero-order chi connectivity index (χ0) is 15.8. The molecule has 0 saturated heterocycles. The first-order chi connectivity index (χ1) is 9.90. The fourth-order valence-electron chi connectivity index (χ4n) is 2.33. The molecule has 1 aromatic rings. The number of nitrogens with zero attached hydrogens (tertiary/aromatic N) is 1. The van der Waals surface area contributed by atoms with E-state index < -0.39 is 6.04 Å². The van der Waals surface area contributed by atoms with Crippen molar-refractivity contribution in [2.45, 2.75) is 38.8 Å². The molecule has 0 radical (unpaired) electrons. The minimum absolute atomic E-state index is 0.0746. The van der Waals surface area contributed by atoms with Gasteiger partial charge in [-0.3, -0.25) is 4.79 Å². The SMILES string of the molecule is CC(C)CC(CNC(=O)C(N)Cc1ccccc1)N(C)C. The van der Waals surface area contributed by atoms with Gasteiger partial charge in [0.25, 0.3) is 0 Å². The smallest absolute Gasteiger partial charge is 0.237 e. The van der Waals surface area contributed by atoms with Crippen LogP contribution in [0.15, 0.2) is 30.3 Å². The summed E-state index contributed by atoms with van der Waals surface area (Å²) in [5.74, 6) is 0.529. The molecule has 0 bridgehead atoms. The van der Waals surface area contributed by atoms with Crippen molar-refractivity contribution in [2.24, 2.45) is 11.7 Å². The van der Waals surface area contributed by atoms with Gasteiger partial charge in [0.05, 0.1) is 6.04 Å². The molecular weight excluding hydrogens is 262 g/mol. The third kappa shape index (κ3) is 6.74. The van der Waals surface area contributed by atoms with Crippen LogP contribution in [0.5, 0.6) is 0 Å². The molecule has 0 spiro atoms. The van der Waals surface area contributed by atoms with Gasteiger partial charge in [-0.1, -0.05) is 44.2 Å². The van der Waals surface area contributed by atoms with Gasteiger partial charge in [0.15, 0.2) is 0 Å². The molecule has 0 aliphatic rings. The minimum atomic E-state index is -0.491. The van der Waals surface area contributed by atoms with Gasteiger partial charge in [0.1, 0.15) is 0 Å². The molecule has 0 heterocycles. The van der Waals surface area contributed by atoms with Crippen molar-refractivity contribution in [3.05, 3.63) is 35.9 Å². The van der Waals surface area contributed by atoms with Crippen molar-refractivity contribution in [3.63, 3.8) is 0 Å². The number of likely N-dealkylation sites (N-methyl/N-ethyl adjacent to an activating group) is 1. The molecule has 0 aromatic heterocycles. The van der Waals surface area contributed by atoms with E-state index in [0.717, 1.165) is 12.0 Å². The first-order valence-electron chi connectivity index (χ1n) is 7.63. The van der Waals surface area contributed by atoms with Gasteiger partial charge in [-0.05, 0) is 38.4 Å². The Morgan fingerprint density at radius 2 is 1.86 bits per heavy atom. The Morgan fingerprint density at radius 1 is 1.24 bits per heavy atom. The Bertz CT molecular complexity index is 417. The molecule has 1 aromatic carbocycles. The van der Waals surface area contributed by atoms with Gasteiger partial charge in [-0.2, -0.15) is 0 Å². The first kappa shape index (κ1) is 17.7. The van der Waals surface area contributed by atoms with Gasteiger partial charge >= 0.3 is 0 Å². The Kier molecular flexibility index (Phi) is 7.40. The van der Waals surface area contributed by atoms with Crippen LogP contribution in [0, 0.1) is 5.92 Å². The Hall–Kier alpha value is -1.39. The normalized spacial score (nSPS) is 14.2. The number of carbonyl (C=O) groups excluding carboxylic acids is 1. The monoisotopic (exact) mass is 291 g/mol. The highest BCUT2D eigenvalue weighted by atomic mass is 16.2. The number of amides is 1. The van der Waals surface area contributed by atoms with Crippen LogP contribution in [-0.2, 0) is 11.2 Å². The van der Waals surface area contributed by atoms with Crippen molar-refractivity contribution in [1.29, 1.82) is 0 Å². The van der Waals surface area contributed by atoms with Crippen molar-refractivity contribution >= 4 is 5.91 Å². The summed E-state index contributed by atoms with van der Waals surface area (Å²) < 4.78 is 0. The molecule has 4 heteroatoms. The molecule has 3 N–H and O–H groups in total. The molecule has 118 valence electrons. The highest BCUT2D eigenvalue weighted by molar-refractivity contribution is 5.81. The second kappa shape index (κ2) is 8.80. The van der Waals surface area contributed by atoms with Crippen molar-refractivity contribution in [2.75, 3.05) is 20.6 Å². The molecule has 21 heavy (non-hydrogen) atoms. The molecule has 0 fully saturated rings. The quantitative estimate of drug-likeness (QED) is 0.765. The highest BCUT2D eigenvalue weighted by Crippen LogP contribution is 2.08. The molecular formula is C17H29N3O. The summed E-state index contributed by atoms with van der Waals surface area (Å²) in [5, 5.41) is 2.98. The van der Waals surface area contributed by atoms with E-state index >= 15 is 0 Å². The van der Waals surface area contributed by atoms with E-state index in [1.807, 2.05) is 44.4 Å². The lowest BCUT2D eigenvalue weighted by atomic mass is 10.0. The molecule has 0 aliphatic carbocycles. The lowest BCUT2D eigenvalue weighted by molar-refractivity contribution is -0.122. The largest absolute Gasteiger partial charge is 0.353 e. The Balaban J connectivity index is 2.44. The molecule has 1 amide bonds. The van der Waals surface area contributed by atoms with Crippen LogP contribution in [-0.4, -0.2) is 43.5 Å². The number of rotatable bonds is 8. The summed E-state index contributed by atoms with van der Waals surface area (Å²) >= 11 is 0. The molecule has 2 atom stereocenters. The van der Waals surface area contributed by atoms with Crippen molar-refractivity contribution < 1.29 is 4.79 Å². The van der Waals surface area contributed by atoms with Gasteiger partial charge < -0.3 is 16.0 Å². The number of hydrogen-bond donors (Lipinski definition) is 2. The van der Waals surface area contributed by atoms with Gasteiger partial charge in [0, 0.05) is 12.6 Å². The standard InChI is InChI=1S/C17H29N3O/c1-13(2)10-15(20(3)4)12-19-17(21)16(18)11-14-8-6-5-7-9-14/h5-9,13,15-16H,10-12,18H2,1-4H3,(H,19,21). The fraction of sp³-hybridized carbons (Fsp3) is 0.588. The summed E-state index contributed by atoms with van der Waals surface area (Å²) in [4.78, 5) is 14.3. The Labute approximate surface area is 128 Å². The van der Waals surface area contributed by atoms with Crippen LogP contribution in [0.1, 0.15) is 25.8 Å². The number of hydrogen-bond acceptors (Lipinski definition) is 3. The van der Waals surface area contributed by atoms with Crippen LogP contribution >= 0.6 is 0 Å². The van der Waals surface area contributed by atoms with Gasteiger partial charge in [-0.15, -0.1) is 0 Å². The third-order valence-electron chi connectivity index (χ3n) is 3.62. The summed E-state index contributed by atoms with van der Waals surface area (Å²) in [6.07, 6.45) is 1.63. The van der Waals surface area contributed by atoms with E-state index in [4.69, 9.17) is 5.73 Å². The zero-order valence-corrected chi connectivity index (χ0v) is 13.7. The third-order valence-corrected chi connectivity index (χ3v) is 3.62. The molecule has 0 saturated carbocycles. The Morgan fingerprint density at radius 3 is 2.38 bits per heavy atom. The highest BCUT2D eigenvalue weighted by Gasteiger charge is 2.18. The van der Waals surface area contributed by atoms with Crippen LogP contribution < -0.4 is 11.1 Å². The predicted molar refractivity (Wildman–Crippen MR) is 88.1 cm³/mol. The van der Waals surface area contributed by atoms with E-state index in [0.29, 0.717) is 24.9 Å². The lowest BCUT2D eigenvalue weighted by Gasteiger charge is -2.26. The lowest BCUT2D eigenvalue weighted by Crippen LogP contribution is -2.47. The molecule has 4 nitrogen and oxygen atoms in total. The average molecular weight is 291 g/mol. The summed E-state index contributed by atoms with van der Waals surface area (Å²) in [6, 6.07) is 9.73. The summed E-state index contributed by atoms with van der Waals surface area (Å²) in [5.41, 5.74) is 7.08. The minimum Gasteiger partial charge on any atom is -0.353 e. The maximum absolute atomic E-state index is 12.1. The van der Waals surface area contributed by atoms with E-state index in [9.17, 15) is 4.79 Å². The number of carbonyl (C=O) groups is 1. The van der Waals surface area contributed by atoms with Crippen LogP contribution in [0.25, 0.3) is 0 Å². The zero-order valence-electron chi connectivity index (χ0n) is 13.7. The van der Waals surface area contributed by atoms with Crippen LogP contribution in [0.4, 0.5) is 0 Å². The molecule has 2 unspecified atom stereocenters. The van der Waals surface area contributed by atoms with Crippen molar-refractivity contribution in [1.82, 2.24) is 10.2 Å². The van der Waals surface area contributed by atoms with E-state index in [-0.39, 0.29) is 5.91 Å². The van der Waals surface area contributed by atoms with Crippen molar-refractivity contribution in [3.8, 4) is 0 Å². The second-order valence-electron chi connectivity index (χ2n) is 6.29. The summed E-state index contributed by atoms with van der Waals surface area (Å²) in [6.45, 7) is 5.03. The van der Waals surface area contributed by atoms with E-state index in [1.165, 1.54) is 0 Å². The topological polar surface area (TPSA) is 58.4 Å². The van der Waals surface area contributed by atoms with E-state index in [2.05, 4.69) is 24.1 Å². The molecule has 1 rings (SSSR count). The maximum atomic E-state index is 12.1. The van der Waals surface area contributed by atoms with Gasteiger partial charge in [-0.25, -0.2) is 0 Å². The first-order valence-corrected chi connectivity index (χ1v) is 7.63. The van der Waals surface area contributed by atoms with E-state index in [1.54, 1.807) is 0 Å². The number of nitrogens with one attached hydrogen (secondary N) is 1. The number of nitrogens with two attached hydrogens (primary N) is 1. The van der Waals surface area contributed by atoms with Crippen LogP contribution in [0.3, 0.4) is 0 Å². The maximum Gasteiger partial charge on any atom is 0.237 e. The fourth-order valence-corrected chi connectivity index (χ4v) is 2.33. The van der Waals surface area contributed by atoms with Gasteiger partial charge in [0.2, 0.25) is 5.91 Å².